The predicted molar refractivity (Wildman–Crippen MR) is 82.0 cm³/mol. The molecule has 2 aromatic rings. The third-order valence-electron chi connectivity index (χ3n) is 3.29. The minimum Gasteiger partial charge on any atom is -0.491 e. The quantitative estimate of drug-likeness (QED) is 0.888. The van der Waals surface area contributed by atoms with Crippen LogP contribution in [0, 0.1) is 6.92 Å². The molecule has 0 aliphatic carbocycles. The van der Waals surface area contributed by atoms with Crippen LogP contribution in [0.1, 0.15) is 36.6 Å². The van der Waals surface area contributed by atoms with E-state index in [4.69, 9.17) is 4.74 Å². The van der Waals surface area contributed by atoms with Crippen molar-refractivity contribution in [2.24, 2.45) is 0 Å². The van der Waals surface area contributed by atoms with Crippen LogP contribution in [0.4, 0.5) is 0 Å². The molecule has 0 fully saturated rings. The van der Waals surface area contributed by atoms with Crippen LogP contribution in [0.5, 0.6) is 5.75 Å². The molecule has 0 amide bonds. The summed E-state index contributed by atoms with van der Waals surface area (Å²) in [5, 5.41) is 10.4. The van der Waals surface area contributed by atoms with Crippen LogP contribution in [-0.4, -0.2) is 11.2 Å². The van der Waals surface area contributed by atoms with Crippen molar-refractivity contribution in [3.8, 4) is 5.75 Å². The third kappa shape index (κ3) is 3.84. The van der Waals surface area contributed by atoms with Gasteiger partial charge >= 0.3 is 0 Å². The van der Waals surface area contributed by atoms with Crippen LogP contribution in [0.3, 0.4) is 0 Å². The molecular weight excluding hydrogens is 248 g/mol. The van der Waals surface area contributed by atoms with Crippen molar-refractivity contribution in [2.45, 2.75) is 39.4 Å². The first kappa shape index (κ1) is 14.6. The highest BCUT2D eigenvalue weighted by Gasteiger charge is 2.11. The fourth-order valence-corrected chi connectivity index (χ4v) is 2.23. The Labute approximate surface area is 121 Å². The maximum absolute atomic E-state index is 10.4. The van der Waals surface area contributed by atoms with Gasteiger partial charge in [0.25, 0.3) is 0 Å². The highest BCUT2D eigenvalue weighted by molar-refractivity contribution is 5.32. The van der Waals surface area contributed by atoms with E-state index in [-0.39, 0.29) is 6.10 Å². The van der Waals surface area contributed by atoms with E-state index in [2.05, 4.69) is 19.1 Å². The lowest BCUT2D eigenvalue weighted by Gasteiger charge is -2.15. The first-order chi connectivity index (χ1) is 9.56. The molecule has 0 radical (unpaired) electrons. The van der Waals surface area contributed by atoms with Gasteiger partial charge in [-0.15, -0.1) is 0 Å². The molecule has 0 aliphatic rings. The van der Waals surface area contributed by atoms with Gasteiger partial charge in [-0.25, -0.2) is 0 Å². The van der Waals surface area contributed by atoms with E-state index in [1.54, 1.807) is 0 Å². The van der Waals surface area contributed by atoms with Gasteiger partial charge in [-0.2, -0.15) is 0 Å². The second-order valence-corrected chi connectivity index (χ2v) is 5.39. The number of aliphatic hydroxyl groups is 1. The van der Waals surface area contributed by atoms with Crippen LogP contribution in [-0.2, 0) is 6.42 Å². The van der Waals surface area contributed by atoms with Gasteiger partial charge in [-0.1, -0.05) is 36.4 Å². The lowest BCUT2D eigenvalue weighted by molar-refractivity contribution is 0.177. The largest absolute Gasteiger partial charge is 0.491 e. The summed E-state index contributed by atoms with van der Waals surface area (Å²) in [5.74, 6) is 0.807. The van der Waals surface area contributed by atoms with Gasteiger partial charge < -0.3 is 9.84 Å². The average molecular weight is 270 g/mol. The average Bonchev–Trinajstić information content (AvgIpc) is 2.41. The highest BCUT2D eigenvalue weighted by Crippen LogP contribution is 2.24. The Morgan fingerprint density at radius 2 is 1.80 bits per heavy atom. The lowest BCUT2D eigenvalue weighted by atomic mass is 9.98. The molecule has 1 unspecified atom stereocenters. The zero-order valence-electron chi connectivity index (χ0n) is 12.3. The van der Waals surface area contributed by atoms with E-state index >= 15 is 0 Å². The third-order valence-corrected chi connectivity index (χ3v) is 3.29. The molecule has 0 saturated heterocycles. The summed E-state index contributed by atoms with van der Waals surface area (Å²) in [6.07, 6.45) is 0.253. The monoisotopic (exact) mass is 270 g/mol. The molecule has 1 N–H and O–H groups in total. The molecule has 2 aromatic carbocycles. The van der Waals surface area contributed by atoms with Gasteiger partial charge in [-0.3, -0.25) is 0 Å². The maximum atomic E-state index is 10.4. The normalized spacial score (nSPS) is 12.4. The second kappa shape index (κ2) is 6.58. The Kier molecular flexibility index (Phi) is 4.80. The molecule has 0 aromatic heterocycles. The fourth-order valence-electron chi connectivity index (χ4n) is 2.23. The summed E-state index contributed by atoms with van der Waals surface area (Å²) in [7, 11) is 0. The minimum atomic E-state index is -0.508. The standard InChI is InChI=1S/C18H22O2/c1-13(2)20-17-10-6-9-16(11-17)18(19)12-15-8-5-4-7-14(15)3/h4-11,13,18-19H,12H2,1-3H3. The number of hydrogen-bond acceptors (Lipinski definition) is 2. The van der Waals surface area contributed by atoms with E-state index in [1.165, 1.54) is 11.1 Å². The summed E-state index contributed by atoms with van der Waals surface area (Å²) in [6.45, 7) is 6.06. The Balaban J connectivity index is 2.13. The SMILES string of the molecule is Cc1ccccc1CC(O)c1cccc(OC(C)C)c1. The van der Waals surface area contributed by atoms with Gasteiger partial charge in [0.15, 0.2) is 0 Å². The highest BCUT2D eigenvalue weighted by atomic mass is 16.5. The summed E-state index contributed by atoms with van der Waals surface area (Å²) in [4.78, 5) is 0. The maximum Gasteiger partial charge on any atom is 0.120 e. The molecule has 20 heavy (non-hydrogen) atoms. The number of rotatable bonds is 5. The Morgan fingerprint density at radius 3 is 2.50 bits per heavy atom. The molecule has 0 bridgehead atoms. The van der Waals surface area contributed by atoms with Crippen molar-refractivity contribution < 1.29 is 9.84 Å². The molecule has 0 aliphatic heterocycles. The van der Waals surface area contributed by atoms with Gasteiger partial charge in [0.1, 0.15) is 5.75 Å². The van der Waals surface area contributed by atoms with Crippen LogP contribution in [0.15, 0.2) is 48.5 Å². The van der Waals surface area contributed by atoms with Crippen molar-refractivity contribution in [1.29, 1.82) is 0 Å². The van der Waals surface area contributed by atoms with Gasteiger partial charge in [0, 0.05) is 6.42 Å². The molecule has 2 rings (SSSR count). The molecule has 0 spiro atoms. The van der Waals surface area contributed by atoms with Gasteiger partial charge in [-0.05, 0) is 49.6 Å². The van der Waals surface area contributed by atoms with E-state index < -0.39 is 6.10 Å². The topological polar surface area (TPSA) is 29.5 Å². The Bertz CT molecular complexity index is 561. The number of hydrogen-bond donors (Lipinski definition) is 1. The second-order valence-electron chi connectivity index (χ2n) is 5.39. The first-order valence-corrected chi connectivity index (χ1v) is 7.05. The number of aliphatic hydroxyl groups excluding tert-OH is 1. The van der Waals surface area contributed by atoms with Gasteiger partial charge in [0.2, 0.25) is 0 Å². The molecule has 2 heteroatoms. The molecule has 106 valence electrons. The summed E-state index contributed by atoms with van der Waals surface area (Å²) in [6, 6.07) is 15.9. The van der Waals surface area contributed by atoms with E-state index in [9.17, 15) is 5.11 Å². The van der Waals surface area contributed by atoms with Crippen molar-refractivity contribution in [3.05, 3.63) is 65.2 Å². The summed E-state index contributed by atoms with van der Waals surface area (Å²) < 4.78 is 5.67. The summed E-state index contributed by atoms with van der Waals surface area (Å²) in [5.41, 5.74) is 3.28. The Morgan fingerprint density at radius 1 is 1.05 bits per heavy atom. The minimum absolute atomic E-state index is 0.138. The van der Waals surface area contributed by atoms with E-state index in [1.807, 2.05) is 50.2 Å². The van der Waals surface area contributed by atoms with Crippen molar-refractivity contribution in [1.82, 2.24) is 0 Å². The molecule has 1 atom stereocenters. The van der Waals surface area contributed by atoms with Crippen LogP contribution in [0.25, 0.3) is 0 Å². The van der Waals surface area contributed by atoms with Crippen LogP contribution >= 0.6 is 0 Å². The van der Waals surface area contributed by atoms with Crippen molar-refractivity contribution >= 4 is 0 Å². The number of aryl methyl sites for hydroxylation is 1. The molecular formula is C18H22O2. The van der Waals surface area contributed by atoms with Crippen molar-refractivity contribution in [2.75, 3.05) is 0 Å². The molecule has 2 nitrogen and oxygen atoms in total. The Hall–Kier alpha value is -1.80. The lowest BCUT2D eigenvalue weighted by Crippen LogP contribution is -2.07. The molecule has 0 heterocycles. The van der Waals surface area contributed by atoms with Crippen LogP contribution in [0.2, 0.25) is 0 Å². The number of benzene rings is 2. The van der Waals surface area contributed by atoms with Crippen molar-refractivity contribution in [3.63, 3.8) is 0 Å². The number of ether oxygens (including phenoxy) is 1. The predicted octanol–water partition coefficient (Wildman–Crippen LogP) is 4.06. The van der Waals surface area contributed by atoms with Crippen LogP contribution < -0.4 is 4.74 Å². The fraction of sp³-hybridized carbons (Fsp3) is 0.333. The smallest absolute Gasteiger partial charge is 0.120 e. The van der Waals surface area contributed by atoms with Gasteiger partial charge in [0.05, 0.1) is 12.2 Å². The van der Waals surface area contributed by atoms with E-state index in [0.29, 0.717) is 6.42 Å². The zero-order chi connectivity index (χ0) is 14.5. The molecule has 0 saturated carbocycles. The first-order valence-electron chi connectivity index (χ1n) is 7.05. The summed E-state index contributed by atoms with van der Waals surface area (Å²) >= 11 is 0. The zero-order valence-corrected chi connectivity index (χ0v) is 12.3. The van der Waals surface area contributed by atoms with E-state index in [0.717, 1.165) is 11.3 Å².